The highest BCUT2D eigenvalue weighted by molar-refractivity contribution is 6.28. The zero-order valence-corrected chi connectivity index (χ0v) is 10.4. The first kappa shape index (κ1) is 12.2. The topological polar surface area (TPSA) is 38.0 Å². The molecule has 90 valence electrons. The Bertz CT molecular complexity index is 621. The molecule has 0 saturated heterocycles. The van der Waals surface area contributed by atoms with Gasteiger partial charge >= 0.3 is 0 Å². The fourth-order valence-corrected chi connectivity index (χ4v) is 2.05. The molecule has 2 rings (SSSR count). The molecule has 1 aliphatic carbocycles. The van der Waals surface area contributed by atoms with Gasteiger partial charge in [-0.25, -0.2) is 4.57 Å². The third-order valence-electron chi connectivity index (χ3n) is 2.91. The number of aryl methyl sites for hydroxylation is 1. The molecular formula is C15H14NO2+. The number of Topliss-reactive ketones (excluding diaryl/α,β-unsaturated/α-hetero) is 2. The van der Waals surface area contributed by atoms with Gasteiger partial charge in [0.1, 0.15) is 7.05 Å². The molecule has 1 aliphatic rings. The number of hydrogen-bond acceptors (Lipinski definition) is 2. The van der Waals surface area contributed by atoms with Crippen LogP contribution in [0.2, 0.25) is 0 Å². The Kier molecular flexibility index (Phi) is 3.06. The molecule has 0 bridgehead atoms. The molecule has 0 fully saturated rings. The van der Waals surface area contributed by atoms with Crippen molar-refractivity contribution in [2.24, 2.45) is 7.05 Å². The van der Waals surface area contributed by atoms with E-state index in [2.05, 4.69) is 6.58 Å². The number of pyridine rings is 1. The van der Waals surface area contributed by atoms with Gasteiger partial charge in [0.2, 0.25) is 5.78 Å². The van der Waals surface area contributed by atoms with Gasteiger partial charge in [-0.1, -0.05) is 24.8 Å². The van der Waals surface area contributed by atoms with E-state index in [-0.39, 0.29) is 11.6 Å². The summed E-state index contributed by atoms with van der Waals surface area (Å²) in [6.45, 7) is 5.43. The quantitative estimate of drug-likeness (QED) is 0.741. The Hall–Kier alpha value is -2.29. The van der Waals surface area contributed by atoms with Crippen LogP contribution in [0, 0.1) is 0 Å². The maximum absolute atomic E-state index is 12.4. The highest BCUT2D eigenvalue weighted by Crippen LogP contribution is 2.26. The maximum Gasteiger partial charge on any atom is 0.200 e. The van der Waals surface area contributed by atoms with Crippen molar-refractivity contribution in [2.45, 2.75) is 6.92 Å². The number of nitrogens with zero attached hydrogens (tertiary/aromatic N) is 1. The van der Waals surface area contributed by atoms with Crippen LogP contribution in [-0.2, 0) is 7.05 Å². The summed E-state index contributed by atoms with van der Waals surface area (Å²) < 4.78 is 1.76. The third kappa shape index (κ3) is 1.74. The number of aromatic nitrogens is 1. The van der Waals surface area contributed by atoms with Gasteiger partial charge in [0.25, 0.3) is 0 Å². The van der Waals surface area contributed by atoms with Crippen molar-refractivity contribution >= 4 is 11.6 Å². The maximum atomic E-state index is 12.4. The highest BCUT2D eigenvalue weighted by Gasteiger charge is 2.31. The van der Waals surface area contributed by atoms with E-state index in [9.17, 15) is 9.59 Å². The van der Waals surface area contributed by atoms with E-state index in [1.807, 2.05) is 14.0 Å². The van der Waals surface area contributed by atoms with Crippen LogP contribution in [0.25, 0.3) is 0 Å². The molecule has 0 saturated carbocycles. The smallest absolute Gasteiger partial charge is 0.200 e. The van der Waals surface area contributed by atoms with Crippen molar-refractivity contribution in [3.63, 3.8) is 0 Å². The Morgan fingerprint density at radius 1 is 1.17 bits per heavy atom. The minimum absolute atomic E-state index is 0.131. The van der Waals surface area contributed by atoms with E-state index in [0.29, 0.717) is 22.3 Å². The first-order valence-electron chi connectivity index (χ1n) is 5.68. The fraction of sp³-hybridized carbons (Fsp3) is 0.133. The van der Waals surface area contributed by atoms with Crippen molar-refractivity contribution in [3.05, 3.63) is 65.5 Å². The molecule has 0 amide bonds. The van der Waals surface area contributed by atoms with Gasteiger partial charge in [0.15, 0.2) is 18.2 Å². The molecule has 0 spiro atoms. The minimum Gasteiger partial charge on any atom is -0.289 e. The Balaban J connectivity index is 2.74. The van der Waals surface area contributed by atoms with Crippen LogP contribution in [0.15, 0.2) is 54.4 Å². The van der Waals surface area contributed by atoms with Crippen LogP contribution in [0.3, 0.4) is 0 Å². The molecule has 0 N–H and O–H groups in total. The van der Waals surface area contributed by atoms with Crippen LogP contribution in [0.1, 0.15) is 27.6 Å². The van der Waals surface area contributed by atoms with E-state index < -0.39 is 0 Å². The molecule has 0 unspecified atom stereocenters. The Morgan fingerprint density at radius 2 is 1.83 bits per heavy atom. The second-order valence-corrected chi connectivity index (χ2v) is 4.13. The number of rotatable bonds is 2. The molecule has 1 heterocycles. The lowest BCUT2D eigenvalue weighted by Gasteiger charge is -2.15. The lowest BCUT2D eigenvalue weighted by atomic mass is 9.85. The van der Waals surface area contributed by atoms with Crippen molar-refractivity contribution in [2.75, 3.05) is 0 Å². The van der Waals surface area contributed by atoms with Gasteiger partial charge in [0, 0.05) is 22.8 Å². The summed E-state index contributed by atoms with van der Waals surface area (Å²) >= 11 is 0. The van der Waals surface area contributed by atoms with Crippen LogP contribution in [-0.4, -0.2) is 11.6 Å². The summed E-state index contributed by atoms with van der Waals surface area (Å²) in [7, 11) is 1.82. The lowest BCUT2D eigenvalue weighted by molar-refractivity contribution is -0.671. The number of carbonyl (C=O) groups excluding carboxylic acids is 2. The minimum atomic E-state index is -0.145. The van der Waals surface area contributed by atoms with Crippen LogP contribution >= 0.6 is 0 Å². The van der Waals surface area contributed by atoms with Gasteiger partial charge in [-0.2, -0.15) is 0 Å². The molecule has 0 atom stereocenters. The lowest BCUT2D eigenvalue weighted by Crippen LogP contribution is -2.32. The highest BCUT2D eigenvalue weighted by atomic mass is 16.1. The fourth-order valence-electron chi connectivity index (χ4n) is 2.05. The molecule has 18 heavy (non-hydrogen) atoms. The molecule has 0 aliphatic heterocycles. The number of carbonyl (C=O) groups is 2. The van der Waals surface area contributed by atoms with E-state index in [0.717, 1.165) is 0 Å². The zero-order valence-electron chi connectivity index (χ0n) is 10.4. The summed E-state index contributed by atoms with van der Waals surface area (Å²) in [5, 5.41) is 0. The molecular weight excluding hydrogens is 226 g/mol. The van der Waals surface area contributed by atoms with Crippen molar-refractivity contribution in [3.8, 4) is 0 Å². The van der Waals surface area contributed by atoms with Gasteiger partial charge in [-0.05, 0) is 6.92 Å². The number of fused-ring (bicyclic) bond motifs is 1. The van der Waals surface area contributed by atoms with Crippen molar-refractivity contribution in [1.29, 1.82) is 0 Å². The van der Waals surface area contributed by atoms with Crippen LogP contribution < -0.4 is 4.57 Å². The Labute approximate surface area is 106 Å². The van der Waals surface area contributed by atoms with Crippen LogP contribution in [0.5, 0.6) is 0 Å². The normalized spacial score (nSPS) is 15.2. The van der Waals surface area contributed by atoms with E-state index >= 15 is 0 Å². The standard InChI is InChI=1S/C15H14NO2/c1-4-6-11-10(5-2)14(17)12-7-8-16(3)9-13(12)15(11)18/h4-9H,2H2,1,3H3/q+1/b6-4-. The van der Waals surface area contributed by atoms with Gasteiger partial charge in [-0.3, -0.25) is 9.59 Å². The van der Waals surface area contributed by atoms with Crippen LogP contribution in [0.4, 0.5) is 0 Å². The molecule has 3 heteroatoms. The average Bonchev–Trinajstić information content (AvgIpc) is 2.36. The predicted molar refractivity (Wildman–Crippen MR) is 68.3 cm³/mol. The summed E-state index contributed by atoms with van der Waals surface area (Å²) in [4.78, 5) is 24.6. The summed E-state index contributed by atoms with van der Waals surface area (Å²) in [5.41, 5.74) is 1.68. The second-order valence-electron chi connectivity index (χ2n) is 4.13. The first-order valence-corrected chi connectivity index (χ1v) is 5.68. The molecule has 3 nitrogen and oxygen atoms in total. The number of allylic oxidation sites excluding steroid dienone is 5. The van der Waals surface area contributed by atoms with Gasteiger partial charge in [0.05, 0.1) is 5.56 Å². The monoisotopic (exact) mass is 240 g/mol. The molecule has 1 aromatic heterocycles. The molecule has 0 radical (unpaired) electrons. The van der Waals surface area contributed by atoms with Crippen molar-refractivity contribution < 1.29 is 14.2 Å². The number of hydrogen-bond donors (Lipinski definition) is 0. The largest absolute Gasteiger partial charge is 0.289 e. The average molecular weight is 240 g/mol. The Morgan fingerprint density at radius 3 is 2.44 bits per heavy atom. The van der Waals surface area contributed by atoms with Gasteiger partial charge < -0.3 is 0 Å². The van der Waals surface area contributed by atoms with Crippen molar-refractivity contribution in [1.82, 2.24) is 0 Å². The van der Waals surface area contributed by atoms with E-state index in [1.54, 1.807) is 35.2 Å². The second kappa shape index (κ2) is 4.53. The summed E-state index contributed by atoms with van der Waals surface area (Å²) in [6, 6.07) is 1.67. The SMILES string of the molecule is C=CC1=C(/C=C\C)C(=O)c2c[n+](C)ccc2C1=O. The molecule has 0 aromatic carbocycles. The van der Waals surface area contributed by atoms with E-state index in [1.165, 1.54) is 6.08 Å². The van der Waals surface area contributed by atoms with Gasteiger partial charge in [-0.15, -0.1) is 0 Å². The van der Waals surface area contributed by atoms with E-state index in [4.69, 9.17) is 0 Å². The predicted octanol–water partition coefficient (Wildman–Crippen LogP) is 1.95. The zero-order chi connectivity index (χ0) is 13.3. The molecule has 1 aromatic rings. The summed E-state index contributed by atoms with van der Waals surface area (Å²) in [5.74, 6) is -0.276. The summed E-state index contributed by atoms with van der Waals surface area (Å²) in [6.07, 6.45) is 8.29. The number of ketones is 2. The first-order chi connectivity index (χ1) is 8.60. The third-order valence-corrected chi connectivity index (χ3v) is 2.91.